The number of nitrogens with zero attached hydrogens (tertiary/aromatic N) is 2. The predicted molar refractivity (Wildman–Crippen MR) is 46.1 cm³/mol. The Labute approximate surface area is 75.1 Å². The maximum atomic E-state index is 5.39. The van der Waals surface area contributed by atoms with E-state index in [1.165, 1.54) is 18.2 Å². The van der Waals surface area contributed by atoms with Gasteiger partial charge in [-0.25, -0.2) is 0 Å². The van der Waals surface area contributed by atoms with Crippen molar-refractivity contribution in [1.29, 1.82) is 0 Å². The Bertz CT molecular complexity index is 257. The van der Waals surface area contributed by atoms with E-state index < -0.39 is 0 Å². The van der Waals surface area contributed by atoms with E-state index >= 15 is 0 Å². The zero-order chi connectivity index (χ0) is 8.39. The van der Waals surface area contributed by atoms with Gasteiger partial charge in [-0.3, -0.25) is 0 Å². The van der Waals surface area contributed by atoms with Gasteiger partial charge >= 0.3 is 0 Å². The van der Waals surface area contributed by atoms with Gasteiger partial charge in [0.1, 0.15) is 0 Å². The molecule has 66 valence electrons. The molecule has 0 saturated carbocycles. The first-order valence-electron chi connectivity index (χ1n) is 4.01. The second-order valence-corrected chi connectivity index (χ2v) is 3.52. The van der Waals surface area contributed by atoms with Crippen LogP contribution in [0, 0.1) is 0 Å². The van der Waals surface area contributed by atoms with Crippen LogP contribution in [-0.2, 0) is 0 Å². The number of aromatic nitrogens is 2. The molecule has 0 aromatic carbocycles. The van der Waals surface area contributed by atoms with E-state index in [2.05, 4.69) is 15.5 Å². The number of nitrogens with one attached hydrogen (secondary N) is 1. The van der Waals surface area contributed by atoms with Gasteiger partial charge in [-0.15, -0.1) is 10.2 Å². The van der Waals surface area contributed by atoms with Gasteiger partial charge < -0.3 is 9.73 Å². The fourth-order valence-corrected chi connectivity index (χ4v) is 1.63. The Morgan fingerprint density at radius 1 is 1.58 bits per heavy atom. The summed E-state index contributed by atoms with van der Waals surface area (Å²) >= 11 is 1.48. The molecule has 1 unspecified atom stereocenters. The lowest BCUT2D eigenvalue weighted by atomic mass is 10.2. The molecule has 0 spiro atoms. The average Bonchev–Trinajstić information content (AvgIpc) is 2.75. The largest absolute Gasteiger partial charge is 0.414 e. The minimum Gasteiger partial charge on any atom is -0.414 e. The summed E-state index contributed by atoms with van der Waals surface area (Å²) in [4.78, 5) is 0. The van der Waals surface area contributed by atoms with E-state index in [1.807, 2.05) is 6.26 Å². The van der Waals surface area contributed by atoms with Gasteiger partial charge in [0, 0.05) is 0 Å². The first-order valence-corrected chi connectivity index (χ1v) is 5.23. The molecule has 0 radical (unpaired) electrons. The van der Waals surface area contributed by atoms with Crippen molar-refractivity contribution in [3.05, 3.63) is 5.89 Å². The van der Waals surface area contributed by atoms with Gasteiger partial charge in [0.25, 0.3) is 5.22 Å². The molecule has 12 heavy (non-hydrogen) atoms. The van der Waals surface area contributed by atoms with Crippen LogP contribution >= 0.6 is 11.8 Å². The summed E-state index contributed by atoms with van der Waals surface area (Å²) < 4.78 is 5.39. The van der Waals surface area contributed by atoms with Crippen LogP contribution in [0.3, 0.4) is 0 Å². The van der Waals surface area contributed by atoms with Crippen LogP contribution in [0.15, 0.2) is 9.64 Å². The molecule has 1 atom stereocenters. The lowest BCUT2D eigenvalue weighted by Crippen LogP contribution is -2.12. The average molecular weight is 185 g/mol. The molecule has 1 aliphatic heterocycles. The van der Waals surface area contributed by atoms with Crippen LogP contribution in [0.4, 0.5) is 0 Å². The second kappa shape index (κ2) is 3.45. The highest BCUT2D eigenvalue weighted by Crippen LogP contribution is 2.23. The Balaban J connectivity index is 2.11. The Hall–Kier alpha value is -0.550. The maximum absolute atomic E-state index is 5.39. The molecule has 1 aliphatic rings. The molecule has 0 bridgehead atoms. The van der Waals surface area contributed by atoms with Crippen LogP contribution in [0.1, 0.15) is 24.8 Å². The molecule has 1 aromatic heterocycles. The van der Waals surface area contributed by atoms with Crippen LogP contribution in [-0.4, -0.2) is 23.0 Å². The van der Waals surface area contributed by atoms with E-state index in [9.17, 15) is 0 Å². The van der Waals surface area contributed by atoms with E-state index in [4.69, 9.17) is 4.42 Å². The topological polar surface area (TPSA) is 51.0 Å². The highest BCUT2D eigenvalue weighted by molar-refractivity contribution is 7.98. The second-order valence-electron chi connectivity index (χ2n) is 2.76. The van der Waals surface area contributed by atoms with Gasteiger partial charge in [0.15, 0.2) is 0 Å². The lowest BCUT2D eigenvalue weighted by Gasteiger charge is -2.01. The fourth-order valence-electron chi connectivity index (χ4n) is 1.34. The molecule has 1 N–H and O–H groups in total. The van der Waals surface area contributed by atoms with Crippen LogP contribution in [0.25, 0.3) is 0 Å². The predicted octanol–water partition coefficient (Wildman–Crippen LogP) is 1.22. The minimum absolute atomic E-state index is 0.290. The molecule has 0 aliphatic carbocycles. The number of hydrogen-bond acceptors (Lipinski definition) is 5. The van der Waals surface area contributed by atoms with Gasteiger partial charge in [0.2, 0.25) is 5.89 Å². The number of rotatable bonds is 2. The monoisotopic (exact) mass is 185 g/mol. The molecule has 0 amide bonds. The van der Waals surface area contributed by atoms with Gasteiger partial charge in [-0.05, 0) is 25.6 Å². The molecule has 5 heteroatoms. The Morgan fingerprint density at radius 2 is 2.50 bits per heavy atom. The quantitative estimate of drug-likeness (QED) is 0.702. The van der Waals surface area contributed by atoms with Crippen molar-refractivity contribution < 1.29 is 4.42 Å². The highest BCUT2D eigenvalue weighted by Gasteiger charge is 2.21. The zero-order valence-electron chi connectivity index (χ0n) is 6.91. The summed E-state index contributed by atoms with van der Waals surface area (Å²) in [6.07, 6.45) is 4.23. The standard InChI is InChI=1S/C7H11N3OS/c1-12-7-10-9-6(11-7)5-3-2-4-8-5/h5,8H,2-4H2,1H3. The van der Waals surface area contributed by atoms with E-state index in [-0.39, 0.29) is 0 Å². The third-order valence-electron chi connectivity index (χ3n) is 1.96. The van der Waals surface area contributed by atoms with Crippen LogP contribution in [0.5, 0.6) is 0 Å². The van der Waals surface area contributed by atoms with Crippen molar-refractivity contribution in [3.63, 3.8) is 0 Å². The Morgan fingerprint density at radius 3 is 3.08 bits per heavy atom. The van der Waals surface area contributed by atoms with Crippen molar-refractivity contribution in [2.45, 2.75) is 24.1 Å². The van der Waals surface area contributed by atoms with Crippen molar-refractivity contribution >= 4 is 11.8 Å². The third-order valence-corrected chi connectivity index (χ3v) is 2.47. The molecule has 2 heterocycles. The van der Waals surface area contributed by atoms with E-state index in [1.54, 1.807) is 0 Å². The number of thioether (sulfide) groups is 1. The summed E-state index contributed by atoms with van der Waals surface area (Å²) in [5, 5.41) is 11.8. The maximum Gasteiger partial charge on any atom is 0.276 e. The van der Waals surface area contributed by atoms with Gasteiger partial charge in [-0.1, -0.05) is 11.8 Å². The van der Waals surface area contributed by atoms with E-state index in [0.717, 1.165) is 18.9 Å². The van der Waals surface area contributed by atoms with Gasteiger partial charge in [-0.2, -0.15) is 0 Å². The van der Waals surface area contributed by atoms with Crippen molar-refractivity contribution in [2.75, 3.05) is 12.8 Å². The Kier molecular flexibility index (Phi) is 2.32. The normalized spacial score (nSPS) is 23.2. The van der Waals surface area contributed by atoms with Gasteiger partial charge in [0.05, 0.1) is 6.04 Å². The zero-order valence-corrected chi connectivity index (χ0v) is 7.73. The number of hydrogen-bond donors (Lipinski definition) is 1. The first-order chi connectivity index (χ1) is 5.90. The SMILES string of the molecule is CSc1nnc(C2CCCN2)o1. The van der Waals surface area contributed by atoms with Crippen molar-refractivity contribution in [1.82, 2.24) is 15.5 Å². The lowest BCUT2D eigenvalue weighted by molar-refractivity contribution is 0.374. The molecular weight excluding hydrogens is 174 g/mol. The van der Waals surface area contributed by atoms with Crippen LogP contribution < -0.4 is 5.32 Å². The molecular formula is C7H11N3OS. The molecule has 4 nitrogen and oxygen atoms in total. The molecule has 1 fully saturated rings. The molecule has 1 aromatic rings. The van der Waals surface area contributed by atoms with E-state index in [0.29, 0.717) is 11.3 Å². The summed E-state index contributed by atoms with van der Waals surface area (Å²) in [5.74, 6) is 0.733. The summed E-state index contributed by atoms with van der Waals surface area (Å²) in [6.45, 7) is 1.06. The third kappa shape index (κ3) is 1.47. The molecule has 2 rings (SSSR count). The summed E-state index contributed by atoms with van der Waals surface area (Å²) in [5.41, 5.74) is 0. The minimum atomic E-state index is 0.290. The first kappa shape index (κ1) is 8.07. The van der Waals surface area contributed by atoms with Crippen LogP contribution in [0.2, 0.25) is 0 Å². The van der Waals surface area contributed by atoms with Crippen molar-refractivity contribution in [3.8, 4) is 0 Å². The van der Waals surface area contributed by atoms with Crippen molar-refractivity contribution in [2.24, 2.45) is 0 Å². The summed E-state index contributed by atoms with van der Waals surface area (Å²) in [7, 11) is 0. The summed E-state index contributed by atoms with van der Waals surface area (Å²) in [6, 6.07) is 0.290. The smallest absolute Gasteiger partial charge is 0.276 e. The fraction of sp³-hybridized carbons (Fsp3) is 0.714. The molecule has 1 saturated heterocycles. The highest BCUT2D eigenvalue weighted by atomic mass is 32.2.